The number of halogens is 12. The first-order chi connectivity index (χ1) is 67.9. The van der Waals surface area contributed by atoms with Crippen LogP contribution in [-0.2, 0) is 0 Å². The van der Waals surface area contributed by atoms with Gasteiger partial charge in [0.05, 0.1) is 57.1 Å². The molecule has 0 amide bonds. The minimum Gasteiger partial charge on any atom is -0.477 e. The number of guanidine groups is 4. The maximum absolute atomic E-state index is 16.4. The molecule has 13 heterocycles. The van der Waals surface area contributed by atoms with Crippen LogP contribution in [0.3, 0.4) is 0 Å². The van der Waals surface area contributed by atoms with E-state index in [4.69, 9.17) is 0 Å². The van der Waals surface area contributed by atoms with Gasteiger partial charge in [0.2, 0.25) is 10.9 Å². The zero-order valence-electron chi connectivity index (χ0n) is 74.9. The summed E-state index contributed by atoms with van der Waals surface area (Å²) in [6.45, 7) is -1.51. The van der Waals surface area contributed by atoms with Gasteiger partial charge < -0.3 is 69.0 Å². The number of rotatable bonds is 14. The highest BCUT2D eigenvalue weighted by atomic mass is 19.2. The number of hydrogen-bond acceptors (Lipinski definition) is 22. The average molecular weight is 1970 g/mol. The third-order valence-corrected chi connectivity index (χ3v) is 25.4. The van der Waals surface area contributed by atoms with Gasteiger partial charge in [-0.2, -0.15) is 0 Å². The maximum atomic E-state index is 16.4. The molecule has 5 fully saturated rings. The summed E-state index contributed by atoms with van der Waals surface area (Å²) in [7, 11) is 0. The first-order valence-corrected chi connectivity index (χ1v) is 44.3. The molecule has 5 aliphatic heterocycles. The molecule has 12 aromatic rings. The molecule has 8 aromatic heterocycles. The molecule has 12 N–H and O–H groups in total. The number of fused-ring (bicyclic) bond motifs is 4. The van der Waals surface area contributed by atoms with Gasteiger partial charge in [-0.25, -0.2) is 82.2 Å². The van der Waals surface area contributed by atoms with Crippen LogP contribution >= 0.6 is 0 Å². The average Bonchev–Trinajstić information content (AvgIpc) is 0.764. The van der Waals surface area contributed by atoms with Gasteiger partial charge in [0.15, 0.2) is 104 Å². The van der Waals surface area contributed by atoms with Crippen molar-refractivity contribution in [1.29, 1.82) is 43.3 Å². The Labute approximate surface area is 795 Å². The number of nitrogens with one attached hydrogen (secondary N) is 10. The second kappa shape index (κ2) is 39.8. The topological polar surface area (TPSA) is 468 Å². The van der Waals surface area contributed by atoms with E-state index < -0.39 is 149 Å². The Bertz CT molecular complexity index is 7060. The first-order valence-electron chi connectivity index (χ1n) is 44.3. The predicted octanol–water partition coefficient (Wildman–Crippen LogP) is 7.97. The second-order valence-electron chi connectivity index (χ2n) is 33.9. The van der Waals surface area contributed by atoms with E-state index in [2.05, 4.69) is 30.6 Å². The van der Waals surface area contributed by atoms with Gasteiger partial charge in [0.1, 0.15) is 81.0 Å². The molecule has 0 atom stereocenters. The molecule has 142 heavy (non-hydrogen) atoms. The highest BCUT2D eigenvalue weighted by Gasteiger charge is 2.35. The van der Waals surface area contributed by atoms with Gasteiger partial charge in [0, 0.05) is 218 Å². The third kappa shape index (κ3) is 19.7. The lowest BCUT2D eigenvalue weighted by atomic mass is 10.1. The summed E-state index contributed by atoms with van der Waals surface area (Å²) in [5.41, 5.74) is -7.52. The van der Waals surface area contributed by atoms with Crippen molar-refractivity contribution >= 4 is 127 Å². The van der Waals surface area contributed by atoms with Gasteiger partial charge in [-0.3, -0.25) is 91.4 Å². The number of pyridine rings is 8. The van der Waals surface area contributed by atoms with Crippen LogP contribution in [0.4, 0.5) is 76.0 Å². The molecule has 0 spiro atoms. The smallest absolute Gasteiger partial charge is 0.341 e. The summed E-state index contributed by atoms with van der Waals surface area (Å²) in [6, 6.07) is 16.0. The van der Waals surface area contributed by atoms with Gasteiger partial charge in [0.25, 0.3) is 0 Å². The van der Waals surface area contributed by atoms with E-state index in [1.165, 1.54) is 50.9 Å². The molecule has 736 valence electrons. The lowest BCUT2D eigenvalue weighted by Gasteiger charge is -2.40. The van der Waals surface area contributed by atoms with E-state index in [1.807, 2.05) is 0 Å². The summed E-state index contributed by atoms with van der Waals surface area (Å²) in [5, 5.41) is 102. The molecule has 50 heteroatoms. The highest BCUT2D eigenvalue weighted by molar-refractivity contribution is 6.02. The van der Waals surface area contributed by atoms with Crippen molar-refractivity contribution in [2.24, 2.45) is 0 Å². The fraction of sp³-hybridized carbons (Fsp3) is 0.283. The molecule has 17 rings (SSSR count). The van der Waals surface area contributed by atoms with Gasteiger partial charge >= 0.3 is 11.9 Å². The normalized spacial score (nSPS) is 15.4. The van der Waals surface area contributed by atoms with Crippen LogP contribution in [0.5, 0.6) is 0 Å². The van der Waals surface area contributed by atoms with Gasteiger partial charge in [-0.15, -0.1) is 0 Å². The minimum atomic E-state index is -1.73. The van der Waals surface area contributed by atoms with Crippen LogP contribution in [0.15, 0.2) is 153 Å². The lowest BCUT2D eigenvalue weighted by Crippen LogP contribution is -2.58. The van der Waals surface area contributed by atoms with E-state index in [9.17, 15) is 99.8 Å². The quantitative estimate of drug-likeness (QED) is 0.0279. The predicted molar refractivity (Wildman–Crippen MR) is 502 cm³/mol. The molecule has 5 aliphatic rings. The number of aromatic carboxylic acids is 2. The lowest BCUT2D eigenvalue weighted by molar-refractivity contribution is 0.0684. The number of carboxylic acid groups (broad SMARTS) is 2. The van der Waals surface area contributed by atoms with Crippen molar-refractivity contribution in [3.63, 3.8) is 0 Å². The molecular weight excluding hydrogens is 1880 g/mol. The van der Waals surface area contributed by atoms with Crippen molar-refractivity contribution in [3.8, 4) is 22.7 Å². The van der Waals surface area contributed by atoms with Crippen LogP contribution in [0.25, 0.3) is 66.9 Å². The Kier molecular flexibility index (Phi) is 27.1. The standard InChI is InChI=1S/C92H86F12N30O8/c93-49-1-5-67(59(97)37-49)131-11-9-71(135)53-41-63(101)83(113-79(53)131)123-21-15-121(16-22-123)75(107)45-73(105)119-13-14-120(74(106)46-76(108)122-17-23-124(24-18-122)85-65(103)43-55-77(137)57(87(139)140)47-133(81(55)115-85)69-7-3-51(95)39-61(69)99)20-30-128(90(110)118-92(112)130-33-27-126(28-34-130)86-66(104)44-56-78(138)58(88(141)142)48-134(82(56)116-86)70-8-4-52(96)40-62(70)100)36-35-127(29-19-119)89(109)117-91(111)129-31-25-125(26-32-129)84-64(102)42-54-72(136)10-12-132(80(54)114-84)68-6-2-50(94)38-60(68)98/h1-12,37-44,47-48,105-108H,13-36,45-46H2,(H,139,140)(H,141,142)(H3,109,111,117)(H3,110,112,118). The number of hydrogen-bond donors (Lipinski definition) is 12. The summed E-state index contributed by atoms with van der Waals surface area (Å²) >= 11 is 0. The van der Waals surface area contributed by atoms with Crippen molar-refractivity contribution in [1.82, 2.24) is 88.0 Å². The molecule has 4 aromatic carbocycles. The van der Waals surface area contributed by atoms with Crippen LogP contribution in [0.1, 0.15) is 33.6 Å². The summed E-state index contributed by atoms with van der Waals surface area (Å²) in [4.78, 5) is 114. The summed E-state index contributed by atoms with van der Waals surface area (Å²) in [6.07, 6.45) is 3.29. The molecule has 0 saturated carbocycles. The Morgan fingerprint density at radius 2 is 0.500 bits per heavy atom. The number of aromatic nitrogens is 8. The van der Waals surface area contributed by atoms with Gasteiger partial charge in [-0.05, 0) is 72.8 Å². The largest absolute Gasteiger partial charge is 0.477 e. The van der Waals surface area contributed by atoms with Crippen molar-refractivity contribution in [2.45, 2.75) is 12.8 Å². The monoisotopic (exact) mass is 1970 g/mol. The third-order valence-electron chi connectivity index (χ3n) is 25.4. The SMILES string of the molecule is N=C(CC(=N)N1CCN(c2nc3c(cc2F)c(=O)ccn3-c2ccc(F)cc2F)CC1)N1CCN(C(=N)CC(=N)N2CCN(c3nc4c(cc3F)c(=O)c(C(=O)O)cn4-c3ccc(F)cc3F)CC2)CCN(C(=N)NC(=N)N2CCN(c3nc4c(cc3F)c(=O)c(C(=O)O)cn4-c3ccc(F)cc3F)CC2)CCN(C(=N)NC(=N)N2CCN(c3nc4c(cc3F)c(=O)ccn4-c3ccc(F)cc3F)CC2)CC1. The first kappa shape index (κ1) is 96.7. The Morgan fingerprint density at radius 3 is 0.746 bits per heavy atom. The van der Waals surface area contributed by atoms with E-state index >= 15 is 35.1 Å². The fourth-order valence-corrected chi connectivity index (χ4v) is 17.7. The molecular formula is C92H86F12N30O8. The summed E-state index contributed by atoms with van der Waals surface area (Å²) in [5.74, 6) is -18.6. The van der Waals surface area contributed by atoms with Gasteiger partial charge in [-0.1, -0.05) is 0 Å². The molecule has 0 bridgehead atoms. The van der Waals surface area contributed by atoms with Crippen molar-refractivity contribution < 1.29 is 72.5 Å². The summed E-state index contributed by atoms with van der Waals surface area (Å²) < 4.78 is 188. The molecule has 0 radical (unpaired) electrons. The molecule has 38 nitrogen and oxygen atoms in total. The van der Waals surface area contributed by atoms with E-state index in [0.717, 1.165) is 106 Å². The van der Waals surface area contributed by atoms with E-state index in [1.54, 1.807) is 29.4 Å². The fourth-order valence-electron chi connectivity index (χ4n) is 17.7. The zero-order valence-corrected chi connectivity index (χ0v) is 74.9. The second-order valence-corrected chi connectivity index (χ2v) is 33.9. The Balaban J connectivity index is 0.634. The highest BCUT2D eigenvalue weighted by Crippen LogP contribution is 2.33. The molecule has 5 saturated heterocycles. The number of nitrogens with zero attached hydrogens (tertiary/aromatic N) is 20. The van der Waals surface area contributed by atoms with Crippen LogP contribution < -0.4 is 51.9 Å². The minimum absolute atomic E-state index is 0.00192. The number of benzene rings is 4. The number of carboxylic acids is 2. The number of carbonyl (C=O) groups is 2. The Hall–Kier alpha value is -17.0. The van der Waals surface area contributed by atoms with Crippen molar-refractivity contribution in [3.05, 3.63) is 256 Å². The van der Waals surface area contributed by atoms with Crippen LogP contribution in [0, 0.1) is 113 Å². The van der Waals surface area contributed by atoms with Crippen LogP contribution in [0.2, 0.25) is 0 Å². The zero-order chi connectivity index (χ0) is 101. The molecule has 0 aliphatic carbocycles. The Morgan fingerprint density at radius 1 is 0.282 bits per heavy atom. The maximum Gasteiger partial charge on any atom is 0.341 e. The molecule has 0 unspecified atom stereocenters. The van der Waals surface area contributed by atoms with Crippen molar-refractivity contribution in [2.75, 3.05) is 177 Å². The van der Waals surface area contributed by atoms with Crippen LogP contribution in [-0.4, -0.2) is 304 Å². The van der Waals surface area contributed by atoms with E-state index in [-0.39, 0.29) is 273 Å². The van der Waals surface area contributed by atoms with E-state index in [0.29, 0.717) is 24.3 Å². The number of anilines is 4. The number of amidine groups is 4. The number of piperazine rings is 4.